The van der Waals surface area contributed by atoms with Crippen LogP contribution in [0.4, 0.5) is 0 Å². The van der Waals surface area contributed by atoms with Gasteiger partial charge in [0.05, 0.1) is 23.9 Å². The molecule has 136 valence electrons. The molecule has 1 heterocycles. The zero-order chi connectivity index (χ0) is 18.1. The molecule has 3 N–H and O–H groups in total. The maximum Gasteiger partial charge on any atom is 0.191 e. The first-order chi connectivity index (χ1) is 12.1. The van der Waals surface area contributed by atoms with Gasteiger partial charge < -0.3 is 15.7 Å². The Bertz CT molecular complexity index is 669. The second-order valence-electron chi connectivity index (χ2n) is 5.93. The summed E-state index contributed by atoms with van der Waals surface area (Å²) in [5.74, 6) is 0.804. The zero-order valence-electron chi connectivity index (χ0n) is 15.2. The SMILES string of the molecule is CCNC(=NCC(CO)c1ccccc1)NCCc1sc(C)nc1C. The topological polar surface area (TPSA) is 69.5 Å². The molecule has 0 saturated heterocycles. The third-order valence-electron chi connectivity index (χ3n) is 3.95. The average molecular weight is 361 g/mol. The second kappa shape index (κ2) is 10.2. The standard InChI is InChI=1S/C19H28N4OS/c1-4-20-19(21-11-10-18-14(2)23-15(3)25-18)22-12-17(13-24)16-8-6-5-7-9-16/h5-9,17,24H,4,10-13H2,1-3H3,(H2,20,21,22). The number of aryl methyl sites for hydroxylation is 2. The van der Waals surface area contributed by atoms with Gasteiger partial charge in [0, 0.05) is 30.3 Å². The largest absolute Gasteiger partial charge is 0.396 e. The summed E-state index contributed by atoms with van der Waals surface area (Å²) in [4.78, 5) is 10.4. The molecule has 0 saturated carbocycles. The first-order valence-electron chi connectivity index (χ1n) is 8.75. The monoisotopic (exact) mass is 360 g/mol. The van der Waals surface area contributed by atoms with Crippen molar-refractivity contribution >= 4 is 17.3 Å². The highest BCUT2D eigenvalue weighted by molar-refractivity contribution is 7.11. The molecule has 1 aromatic heterocycles. The Morgan fingerprint density at radius 2 is 2.00 bits per heavy atom. The van der Waals surface area contributed by atoms with Gasteiger partial charge in [0.1, 0.15) is 0 Å². The van der Waals surface area contributed by atoms with Gasteiger partial charge in [-0.3, -0.25) is 4.99 Å². The molecule has 0 amide bonds. The minimum absolute atomic E-state index is 0.0167. The lowest BCUT2D eigenvalue weighted by atomic mass is 10.0. The van der Waals surface area contributed by atoms with Crippen LogP contribution in [0.25, 0.3) is 0 Å². The van der Waals surface area contributed by atoms with E-state index in [0.29, 0.717) is 6.54 Å². The average Bonchev–Trinajstić information content (AvgIpc) is 2.93. The lowest BCUT2D eigenvalue weighted by molar-refractivity contribution is 0.268. The van der Waals surface area contributed by atoms with Crippen LogP contribution in [0.2, 0.25) is 0 Å². The van der Waals surface area contributed by atoms with E-state index in [4.69, 9.17) is 0 Å². The summed E-state index contributed by atoms with van der Waals surface area (Å²) < 4.78 is 0. The molecule has 2 aromatic rings. The van der Waals surface area contributed by atoms with Gasteiger partial charge in [-0.15, -0.1) is 11.3 Å². The molecule has 5 nitrogen and oxygen atoms in total. The summed E-state index contributed by atoms with van der Waals surface area (Å²) in [5, 5.41) is 17.4. The summed E-state index contributed by atoms with van der Waals surface area (Å²) in [5.41, 5.74) is 2.23. The lowest BCUT2D eigenvalue weighted by Crippen LogP contribution is -2.38. The Morgan fingerprint density at radius 3 is 2.60 bits per heavy atom. The van der Waals surface area contributed by atoms with Gasteiger partial charge in [-0.2, -0.15) is 0 Å². The number of aromatic nitrogens is 1. The van der Waals surface area contributed by atoms with Crippen molar-refractivity contribution in [1.29, 1.82) is 0 Å². The van der Waals surface area contributed by atoms with Crippen molar-refractivity contribution in [2.75, 3.05) is 26.2 Å². The molecule has 0 fully saturated rings. The number of rotatable bonds is 8. The van der Waals surface area contributed by atoms with Crippen molar-refractivity contribution in [3.05, 3.63) is 51.5 Å². The number of aliphatic hydroxyl groups excluding tert-OH is 1. The van der Waals surface area contributed by atoms with Gasteiger partial charge in [-0.25, -0.2) is 4.98 Å². The Morgan fingerprint density at radius 1 is 1.24 bits per heavy atom. The van der Waals surface area contributed by atoms with Crippen LogP contribution in [0.3, 0.4) is 0 Å². The molecule has 0 aliphatic rings. The number of aliphatic hydroxyl groups is 1. The predicted octanol–water partition coefficient (Wildman–Crippen LogP) is 2.63. The Labute approximate surface area is 154 Å². The van der Waals surface area contributed by atoms with Crippen molar-refractivity contribution < 1.29 is 5.11 Å². The third-order valence-corrected chi connectivity index (χ3v) is 5.08. The van der Waals surface area contributed by atoms with E-state index in [1.807, 2.05) is 37.3 Å². The first kappa shape index (κ1) is 19.4. The van der Waals surface area contributed by atoms with Gasteiger partial charge in [0.25, 0.3) is 0 Å². The highest BCUT2D eigenvalue weighted by Crippen LogP contribution is 2.17. The molecule has 1 unspecified atom stereocenters. The fraction of sp³-hybridized carbons (Fsp3) is 0.474. The maximum atomic E-state index is 9.66. The molecule has 1 atom stereocenters. The van der Waals surface area contributed by atoms with Crippen LogP contribution in [0.5, 0.6) is 0 Å². The molecule has 0 radical (unpaired) electrons. The smallest absolute Gasteiger partial charge is 0.191 e. The highest BCUT2D eigenvalue weighted by Gasteiger charge is 2.10. The van der Waals surface area contributed by atoms with Crippen LogP contribution in [0.15, 0.2) is 35.3 Å². The van der Waals surface area contributed by atoms with Crippen LogP contribution < -0.4 is 10.6 Å². The molecule has 0 spiro atoms. The number of benzene rings is 1. The fourth-order valence-corrected chi connectivity index (χ4v) is 3.57. The van der Waals surface area contributed by atoms with Gasteiger partial charge >= 0.3 is 0 Å². The minimum atomic E-state index is 0.0167. The Kier molecular flexibility index (Phi) is 7.88. The fourth-order valence-electron chi connectivity index (χ4n) is 2.64. The number of aliphatic imine (C=N–C) groups is 1. The lowest BCUT2D eigenvalue weighted by Gasteiger charge is -2.15. The normalized spacial score (nSPS) is 12.9. The van der Waals surface area contributed by atoms with Crippen molar-refractivity contribution in [1.82, 2.24) is 15.6 Å². The Hall–Kier alpha value is -1.92. The van der Waals surface area contributed by atoms with E-state index in [0.717, 1.165) is 41.7 Å². The van der Waals surface area contributed by atoms with Crippen molar-refractivity contribution in [3.63, 3.8) is 0 Å². The first-order valence-corrected chi connectivity index (χ1v) is 9.56. The number of guanidine groups is 1. The van der Waals surface area contributed by atoms with Gasteiger partial charge in [-0.1, -0.05) is 30.3 Å². The summed E-state index contributed by atoms with van der Waals surface area (Å²) >= 11 is 1.75. The van der Waals surface area contributed by atoms with Crippen molar-refractivity contribution in [2.24, 2.45) is 4.99 Å². The molecular weight excluding hydrogens is 332 g/mol. The van der Waals surface area contributed by atoms with Crippen LogP contribution in [0.1, 0.15) is 34.0 Å². The summed E-state index contributed by atoms with van der Waals surface area (Å²) in [6.07, 6.45) is 0.934. The molecular formula is C19H28N4OS. The van der Waals surface area contributed by atoms with Crippen LogP contribution >= 0.6 is 11.3 Å². The number of nitrogens with zero attached hydrogens (tertiary/aromatic N) is 2. The van der Waals surface area contributed by atoms with Crippen LogP contribution in [0, 0.1) is 13.8 Å². The molecule has 0 aliphatic carbocycles. The van der Waals surface area contributed by atoms with E-state index in [9.17, 15) is 5.11 Å². The van der Waals surface area contributed by atoms with Crippen molar-refractivity contribution in [2.45, 2.75) is 33.1 Å². The number of thiazole rings is 1. The molecule has 0 bridgehead atoms. The molecule has 25 heavy (non-hydrogen) atoms. The third kappa shape index (κ3) is 6.14. The summed E-state index contributed by atoms with van der Waals surface area (Å²) in [7, 11) is 0. The molecule has 2 rings (SSSR count). The van der Waals surface area contributed by atoms with Crippen LogP contribution in [-0.4, -0.2) is 42.3 Å². The zero-order valence-corrected chi connectivity index (χ0v) is 16.1. The molecule has 1 aromatic carbocycles. The van der Waals surface area contributed by atoms with Gasteiger partial charge in [0.2, 0.25) is 0 Å². The van der Waals surface area contributed by atoms with E-state index < -0.39 is 0 Å². The summed E-state index contributed by atoms with van der Waals surface area (Å²) in [6.45, 7) is 8.40. The van der Waals surface area contributed by atoms with E-state index in [1.165, 1.54) is 4.88 Å². The predicted molar refractivity (Wildman–Crippen MR) is 106 cm³/mol. The maximum absolute atomic E-state index is 9.66. The van der Waals surface area contributed by atoms with Crippen molar-refractivity contribution in [3.8, 4) is 0 Å². The van der Waals surface area contributed by atoms with Gasteiger partial charge in [-0.05, 0) is 26.3 Å². The number of hydrogen-bond acceptors (Lipinski definition) is 4. The molecule has 6 heteroatoms. The van der Waals surface area contributed by atoms with E-state index in [-0.39, 0.29) is 12.5 Å². The van der Waals surface area contributed by atoms with Gasteiger partial charge in [0.15, 0.2) is 5.96 Å². The van der Waals surface area contributed by atoms with E-state index in [1.54, 1.807) is 11.3 Å². The number of hydrogen-bond donors (Lipinski definition) is 3. The second-order valence-corrected chi connectivity index (χ2v) is 7.22. The molecule has 0 aliphatic heterocycles. The minimum Gasteiger partial charge on any atom is -0.396 e. The Balaban J connectivity index is 1.92. The number of nitrogens with one attached hydrogen (secondary N) is 2. The highest BCUT2D eigenvalue weighted by atomic mass is 32.1. The van der Waals surface area contributed by atoms with E-state index in [2.05, 4.69) is 34.5 Å². The summed E-state index contributed by atoms with van der Waals surface area (Å²) in [6, 6.07) is 10.0. The quantitative estimate of drug-likeness (QED) is 0.500. The van der Waals surface area contributed by atoms with E-state index >= 15 is 0 Å². The van der Waals surface area contributed by atoms with Crippen LogP contribution in [-0.2, 0) is 6.42 Å².